The maximum Gasteiger partial charge on any atom is 0.261 e. The van der Waals surface area contributed by atoms with Crippen LogP contribution in [0.2, 0.25) is 0 Å². The lowest BCUT2D eigenvalue weighted by atomic mass is 10.1. The van der Waals surface area contributed by atoms with Gasteiger partial charge in [0.15, 0.2) is 0 Å². The first-order valence-corrected chi connectivity index (χ1v) is 9.78. The van der Waals surface area contributed by atoms with Gasteiger partial charge in [0.2, 0.25) is 5.91 Å². The Morgan fingerprint density at radius 2 is 1.68 bits per heavy atom. The van der Waals surface area contributed by atoms with Crippen LogP contribution in [0.4, 0.5) is 0 Å². The molecule has 1 aliphatic heterocycles. The van der Waals surface area contributed by atoms with Crippen LogP contribution in [-0.4, -0.2) is 45.5 Å². The molecule has 3 amide bonds. The molecule has 0 saturated carbocycles. The lowest BCUT2D eigenvalue weighted by molar-refractivity contribution is -0.121. The van der Waals surface area contributed by atoms with Gasteiger partial charge in [-0.3, -0.25) is 24.0 Å². The van der Waals surface area contributed by atoms with Crippen LogP contribution in [0.15, 0.2) is 36.5 Å². The number of carbonyl (C=O) groups excluding carboxylic acids is 3. The van der Waals surface area contributed by atoms with E-state index in [1.165, 1.54) is 4.90 Å². The van der Waals surface area contributed by atoms with Crippen molar-refractivity contribution in [3.8, 4) is 0 Å². The van der Waals surface area contributed by atoms with Gasteiger partial charge in [-0.15, -0.1) is 0 Å². The lowest BCUT2D eigenvalue weighted by Crippen LogP contribution is -2.30. The highest BCUT2D eigenvalue weighted by molar-refractivity contribution is 6.21. The highest BCUT2D eigenvalue weighted by Crippen LogP contribution is 2.22. The number of imide groups is 1. The van der Waals surface area contributed by atoms with E-state index in [1.807, 2.05) is 23.9 Å². The molecule has 0 saturated heterocycles. The second-order valence-electron chi connectivity index (χ2n) is 7.04. The maximum atomic E-state index is 12.3. The van der Waals surface area contributed by atoms with Gasteiger partial charge in [0.1, 0.15) is 0 Å². The molecule has 1 aromatic carbocycles. The van der Waals surface area contributed by atoms with Crippen molar-refractivity contribution in [2.24, 2.45) is 0 Å². The number of fused-ring (bicyclic) bond motifs is 1. The maximum absolute atomic E-state index is 12.3. The summed E-state index contributed by atoms with van der Waals surface area (Å²) in [5, 5.41) is 7.23. The first-order valence-electron chi connectivity index (χ1n) is 9.78. The zero-order valence-corrected chi connectivity index (χ0v) is 16.2. The number of aromatic nitrogens is 2. The van der Waals surface area contributed by atoms with Crippen LogP contribution in [0, 0.1) is 6.92 Å². The Labute approximate surface area is 164 Å². The molecule has 0 spiro atoms. The second kappa shape index (κ2) is 9.30. The Morgan fingerprint density at radius 3 is 2.32 bits per heavy atom. The fourth-order valence-electron chi connectivity index (χ4n) is 3.32. The summed E-state index contributed by atoms with van der Waals surface area (Å²) in [4.78, 5) is 37.7. The predicted octanol–water partition coefficient (Wildman–Crippen LogP) is 2.55. The van der Waals surface area contributed by atoms with Gasteiger partial charge in [-0.05, 0) is 44.4 Å². The number of aryl methyl sites for hydroxylation is 2. The van der Waals surface area contributed by atoms with Crippen molar-refractivity contribution >= 4 is 17.7 Å². The van der Waals surface area contributed by atoms with E-state index >= 15 is 0 Å². The van der Waals surface area contributed by atoms with Crippen LogP contribution in [-0.2, 0) is 11.3 Å². The number of nitrogens with one attached hydrogen (secondary N) is 1. The van der Waals surface area contributed by atoms with E-state index in [-0.39, 0.29) is 17.7 Å². The second-order valence-corrected chi connectivity index (χ2v) is 7.04. The van der Waals surface area contributed by atoms with Crippen molar-refractivity contribution in [1.29, 1.82) is 0 Å². The monoisotopic (exact) mass is 382 g/mol. The van der Waals surface area contributed by atoms with Crippen molar-refractivity contribution in [2.75, 3.05) is 13.1 Å². The summed E-state index contributed by atoms with van der Waals surface area (Å²) in [5.41, 5.74) is 1.96. The van der Waals surface area contributed by atoms with Crippen LogP contribution in [0.25, 0.3) is 0 Å². The van der Waals surface area contributed by atoms with E-state index in [9.17, 15) is 14.4 Å². The van der Waals surface area contributed by atoms with Gasteiger partial charge < -0.3 is 5.32 Å². The molecule has 0 radical (unpaired) electrons. The van der Waals surface area contributed by atoms with Crippen LogP contribution in [0.3, 0.4) is 0 Å². The van der Waals surface area contributed by atoms with E-state index in [1.54, 1.807) is 24.3 Å². The van der Waals surface area contributed by atoms with E-state index < -0.39 is 0 Å². The lowest BCUT2D eigenvalue weighted by Gasteiger charge is -2.13. The molecule has 1 aromatic heterocycles. The van der Waals surface area contributed by atoms with E-state index in [4.69, 9.17) is 0 Å². The third-order valence-electron chi connectivity index (χ3n) is 4.82. The Bertz CT molecular complexity index is 824. The number of carbonyl (C=O) groups is 3. The topological polar surface area (TPSA) is 84.3 Å². The Kier molecular flexibility index (Phi) is 6.57. The van der Waals surface area contributed by atoms with Gasteiger partial charge in [0, 0.05) is 32.3 Å². The summed E-state index contributed by atoms with van der Waals surface area (Å²) in [7, 11) is 0. The number of nitrogens with zero attached hydrogens (tertiary/aromatic N) is 3. The van der Waals surface area contributed by atoms with Crippen molar-refractivity contribution in [1.82, 2.24) is 20.0 Å². The van der Waals surface area contributed by atoms with Gasteiger partial charge in [-0.2, -0.15) is 5.10 Å². The number of unbranched alkanes of at least 4 members (excludes halogenated alkanes) is 2. The summed E-state index contributed by atoms with van der Waals surface area (Å²) in [6.45, 7) is 3.77. The van der Waals surface area contributed by atoms with E-state index in [2.05, 4.69) is 10.4 Å². The molecular weight excluding hydrogens is 356 g/mol. The van der Waals surface area contributed by atoms with Crippen molar-refractivity contribution in [2.45, 2.75) is 45.6 Å². The summed E-state index contributed by atoms with van der Waals surface area (Å²) in [6, 6.07) is 8.87. The minimum atomic E-state index is -0.217. The summed E-state index contributed by atoms with van der Waals surface area (Å²) < 4.78 is 1.88. The summed E-state index contributed by atoms with van der Waals surface area (Å²) >= 11 is 0. The molecule has 1 aliphatic rings. The number of benzene rings is 1. The minimum Gasteiger partial charge on any atom is -0.356 e. The minimum absolute atomic E-state index is 0.0392. The molecule has 148 valence electrons. The first-order chi connectivity index (χ1) is 13.6. The zero-order valence-electron chi connectivity index (χ0n) is 16.2. The number of hydrogen-bond donors (Lipinski definition) is 1. The van der Waals surface area contributed by atoms with Crippen LogP contribution < -0.4 is 5.32 Å². The van der Waals surface area contributed by atoms with E-state index in [0.717, 1.165) is 31.5 Å². The summed E-state index contributed by atoms with van der Waals surface area (Å²) in [6.07, 6.45) is 5.49. The third-order valence-corrected chi connectivity index (χ3v) is 4.82. The molecule has 0 bridgehead atoms. The highest BCUT2D eigenvalue weighted by Gasteiger charge is 2.34. The molecule has 1 N–H and O–H groups in total. The third kappa shape index (κ3) is 4.85. The van der Waals surface area contributed by atoms with Gasteiger partial charge in [-0.25, -0.2) is 0 Å². The molecule has 0 fully saturated rings. The largest absolute Gasteiger partial charge is 0.356 e. The normalized spacial score (nSPS) is 13.1. The number of rotatable bonds is 10. The Balaban J connectivity index is 1.26. The number of hydrogen-bond acceptors (Lipinski definition) is 4. The van der Waals surface area contributed by atoms with Gasteiger partial charge in [0.25, 0.3) is 11.8 Å². The molecular formula is C21H26N4O3. The fraction of sp³-hybridized carbons (Fsp3) is 0.429. The fourth-order valence-corrected chi connectivity index (χ4v) is 3.32. The molecule has 3 rings (SSSR count). The highest BCUT2D eigenvalue weighted by atomic mass is 16.2. The van der Waals surface area contributed by atoms with Crippen molar-refractivity contribution in [3.05, 3.63) is 53.3 Å². The van der Waals surface area contributed by atoms with Gasteiger partial charge in [-0.1, -0.05) is 18.6 Å². The van der Waals surface area contributed by atoms with Crippen LogP contribution >= 0.6 is 0 Å². The molecule has 0 unspecified atom stereocenters. The molecule has 0 aliphatic carbocycles. The number of amides is 3. The zero-order chi connectivity index (χ0) is 19.9. The van der Waals surface area contributed by atoms with Gasteiger partial charge in [0.05, 0.1) is 16.8 Å². The standard InChI is InChI=1S/C21H26N4O3/c1-16-11-15-24(23-16)13-7-12-22-19(26)10-3-2-6-14-25-20(27)17-8-4-5-9-18(17)21(25)28/h4-5,8-9,11,15H,2-3,6-7,10,12-14H2,1H3,(H,22,26). The van der Waals surface area contributed by atoms with Crippen LogP contribution in [0.1, 0.15) is 58.5 Å². The SMILES string of the molecule is Cc1ccn(CCCNC(=O)CCCCCN2C(=O)c3ccccc3C2=O)n1. The summed E-state index contributed by atoms with van der Waals surface area (Å²) in [5.74, 6) is -0.395. The van der Waals surface area contributed by atoms with Gasteiger partial charge >= 0.3 is 0 Å². The van der Waals surface area contributed by atoms with Crippen molar-refractivity contribution in [3.63, 3.8) is 0 Å². The first kappa shape index (κ1) is 19.8. The van der Waals surface area contributed by atoms with E-state index in [0.29, 0.717) is 37.1 Å². The predicted molar refractivity (Wildman–Crippen MR) is 105 cm³/mol. The molecule has 2 aromatic rings. The molecule has 28 heavy (non-hydrogen) atoms. The smallest absolute Gasteiger partial charge is 0.261 e. The average molecular weight is 382 g/mol. The molecule has 7 heteroatoms. The Hall–Kier alpha value is -2.96. The molecule has 2 heterocycles. The van der Waals surface area contributed by atoms with Crippen molar-refractivity contribution < 1.29 is 14.4 Å². The quantitative estimate of drug-likeness (QED) is 0.506. The average Bonchev–Trinajstić information content (AvgIpc) is 3.21. The molecule has 0 atom stereocenters. The van der Waals surface area contributed by atoms with Crippen LogP contribution in [0.5, 0.6) is 0 Å². The Morgan fingerprint density at radius 1 is 0.964 bits per heavy atom. The molecule has 7 nitrogen and oxygen atoms in total.